The fraction of sp³-hybridized carbons (Fsp3) is 0.571. The molecular formula is C28H44N6O8. The van der Waals surface area contributed by atoms with Gasteiger partial charge >= 0.3 is 24.4 Å². The van der Waals surface area contributed by atoms with E-state index in [0.717, 1.165) is 0 Å². The molecule has 0 saturated heterocycles. The van der Waals surface area contributed by atoms with Gasteiger partial charge in [-0.05, 0) is 95.2 Å². The topological polar surface area (TPSA) is 178 Å². The summed E-state index contributed by atoms with van der Waals surface area (Å²) in [4.78, 5) is 58.7. The number of hydrogen-bond acceptors (Lipinski definition) is 10. The lowest BCUT2D eigenvalue weighted by Crippen LogP contribution is -2.47. The molecule has 4 N–H and O–H groups in total. The van der Waals surface area contributed by atoms with Gasteiger partial charge in [0.05, 0.1) is 11.4 Å². The Morgan fingerprint density at radius 3 is 0.881 bits per heavy atom. The molecule has 234 valence electrons. The van der Waals surface area contributed by atoms with Crippen LogP contribution in [0.15, 0.2) is 34.3 Å². The SMILES string of the molecule is CC(C)(C)OC(=O)NC(=Nc1ccccc1N=C(NC(=O)OC(C)(C)C)NC(=O)OC(C)(C)C)NC(=O)OC(C)(C)C. The minimum atomic E-state index is -0.892. The summed E-state index contributed by atoms with van der Waals surface area (Å²) in [5.74, 6) is -0.661. The summed E-state index contributed by atoms with van der Waals surface area (Å²) in [6, 6.07) is 6.28. The van der Waals surface area contributed by atoms with Crippen LogP contribution in [0.2, 0.25) is 0 Å². The molecule has 1 rings (SSSR count). The second-order valence-electron chi connectivity index (χ2n) is 12.9. The molecule has 0 heterocycles. The minimum absolute atomic E-state index is 0.120. The van der Waals surface area contributed by atoms with Crippen LogP contribution in [0.3, 0.4) is 0 Å². The smallest absolute Gasteiger partial charge is 0.414 e. The van der Waals surface area contributed by atoms with Crippen LogP contribution in [-0.2, 0) is 18.9 Å². The molecular weight excluding hydrogens is 548 g/mol. The summed E-state index contributed by atoms with van der Waals surface area (Å²) in [5, 5.41) is 9.54. The number of guanidine groups is 2. The summed E-state index contributed by atoms with van der Waals surface area (Å²) in [6.07, 6.45) is -3.57. The van der Waals surface area contributed by atoms with Gasteiger partial charge in [-0.25, -0.2) is 29.2 Å². The fourth-order valence-electron chi connectivity index (χ4n) is 2.67. The summed E-state index contributed by atoms with van der Waals surface area (Å²) < 4.78 is 21.1. The molecule has 42 heavy (non-hydrogen) atoms. The van der Waals surface area contributed by atoms with Crippen LogP contribution in [0.25, 0.3) is 0 Å². The number of alkyl carbamates (subject to hydrolysis) is 4. The Morgan fingerprint density at radius 2 is 0.690 bits per heavy atom. The molecule has 0 radical (unpaired) electrons. The van der Waals surface area contributed by atoms with E-state index in [9.17, 15) is 19.2 Å². The molecule has 0 aromatic heterocycles. The molecule has 0 bridgehead atoms. The number of carbonyl (C=O) groups excluding carboxylic acids is 4. The summed E-state index contributed by atoms with van der Waals surface area (Å²) in [7, 11) is 0. The van der Waals surface area contributed by atoms with Gasteiger partial charge in [-0.1, -0.05) is 12.1 Å². The average Bonchev–Trinajstić information content (AvgIpc) is 2.69. The number of rotatable bonds is 2. The standard InChI is InChI=1S/C28H44N6O8/c1-25(2,3)39-21(35)31-19(32-22(36)40-26(4,5)6)29-17-15-13-14-16-18(17)30-20(33-23(37)41-27(7,8)9)34-24(38)42-28(10,11)12/h13-16H,1-12H3,(H2,29,31,32,35,36)(H2,30,33,34,37,38). The molecule has 1 aromatic rings. The van der Waals surface area contributed by atoms with Crippen molar-refractivity contribution < 1.29 is 38.1 Å². The third-order valence-electron chi connectivity index (χ3n) is 3.82. The molecule has 4 amide bonds. The van der Waals surface area contributed by atoms with E-state index in [1.807, 2.05) is 0 Å². The highest BCUT2D eigenvalue weighted by Crippen LogP contribution is 2.27. The van der Waals surface area contributed by atoms with Gasteiger partial charge in [-0.2, -0.15) is 0 Å². The predicted molar refractivity (Wildman–Crippen MR) is 158 cm³/mol. The zero-order valence-corrected chi connectivity index (χ0v) is 26.5. The molecule has 0 spiro atoms. The number of amides is 4. The first-order chi connectivity index (χ1) is 18.9. The second kappa shape index (κ2) is 14.0. The molecule has 0 aliphatic carbocycles. The first kappa shape index (κ1) is 35.7. The average molecular weight is 593 g/mol. The molecule has 1 aromatic carbocycles. The van der Waals surface area contributed by atoms with E-state index in [1.54, 1.807) is 95.2 Å². The highest BCUT2D eigenvalue weighted by molar-refractivity contribution is 6.04. The Balaban J connectivity index is 3.55. The molecule has 0 aliphatic rings. The maximum Gasteiger partial charge on any atom is 0.414 e. The summed E-state index contributed by atoms with van der Waals surface area (Å²) >= 11 is 0. The third kappa shape index (κ3) is 16.7. The van der Waals surface area contributed by atoms with Crippen molar-refractivity contribution in [1.82, 2.24) is 21.3 Å². The van der Waals surface area contributed by atoms with Gasteiger partial charge in [0.2, 0.25) is 11.9 Å². The van der Waals surface area contributed by atoms with Gasteiger partial charge in [0.1, 0.15) is 22.4 Å². The van der Waals surface area contributed by atoms with Crippen molar-refractivity contribution in [1.29, 1.82) is 0 Å². The number of aliphatic imine (C=N–C) groups is 2. The fourth-order valence-corrected chi connectivity index (χ4v) is 2.67. The van der Waals surface area contributed by atoms with E-state index in [0.29, 0.717) is 0 Å². The Morgan fingerprint density at radius 1 is 0.476 bits per heavy atom. The molecule has 0 fully saturated rings. The van der Waals surface area contributed by atoms with Crippen LogP contribution in [-0.4, -0.2) is 58.7 Å². The second-order valence-corrected chi connectivity index (χ2v) is 12.9. The number of nitrogens with zero attached hydrogens (tertiary/aromatic N) is 2. The van der Waals surface area contributed by atoms with Crippen LogP contribution in [0.1, 0.15) is 83.1 Å². The van der Waals surface area contributed by atoms with E-state index < -0.39 is 46.8 Å². The normalized spacial score (nSPS) is 11.7. The Kier molecular flexibility index (Phi) is 11.9. The first-order valence-electron chi connectivity index (χ1n) is 13.2. The molecule has 0 saturated carbocycles. The van der Waals surface area contributed by atoms with Crippen LogP contribution in [0, 0.1) is 0 Å². The van der Waals surface area contributed by atoms with Crippen molar-refractivity contribution in [2.75, 3.05) is 0 Å². The van der Waals surface area contributed by atoms with Crippen molar-refractivity contribution in [2.45, 2.75) is 105 Å². The zero-order chi connectivity index (χ0) is 32.5. The molecule has 14 heteroatoms. The van der Waals surface area contributed by atoms with E-state index >= 15 is 0 Å². The van der Waals surface area contributed by atoms with Gasteiger partial charge in [0.25, 0.3) is 0 Å². The summed E-state index contributed by atoms with van der Waals surface area (Å²) in [6.45, 7) is 20.1. The number of nitrogens with one attached hydrogen (secondary N) is 4. The lowest BCUT2D eigenvalue weighted by molar-refractivity contribution is 0.0521. The molecule has 0 aliphatic heterocycles. The third-order valence-corrected chi connectivity index (χ3v) is 3.82. The first-order valence-corrected chi connectivity index (χ1v) is 13.2. The molecule has 14 nitrogen and oxygen atoms in total. The van der Waals surface area contributed by atoms with Crippen molar-refractivity contribution in [3.05, 3.63) is 24.3 Å². The van der Waals surface area contributed by atoms with Gasteiger partial charge in [0.15, 0.2) is 0 Å². The van der Waals surface area contributed by atoms with Crippen LogP contribution in [0.4, 0.5) is 30.6 Å². The number of para-hydroxylation sites is 2. The highest BCUT2D eigenvalue weighted by atomic mass is 16.6. The summed E-state index contributed by atoms with van der Waals surface area (Å²) in [5.41, 5.74) is -3.10. The maximum absolute atomic E-state index is 12.5. The lowest BCUT2D eigenvalue weighted by Gasteiger charge is -2.22. The Hall–Kier alpha value is -4.36. The lowest BCUT2D eigenvalue weighted by atomic mass is 10.2. The number of carbonyl (C=O) groups is 4. The number of ether oxygens (including phenoxy) is 4. The van der Waals surface area contributed by atoms with Gasteiger partial charge in [-0.3, -0.25) is 21.3 Å². The largest absolute Gasteiger partial charge is 0.444 e. The van der Waals surface area contributed by atoms with E-state index in [-0.39, 0.29) is 23.3 Å². The van der Waals surface area contributed by atoms with Crippen molar-refractivity contribution in [3.63, 3.8) is 0 Å². The van der Waals surface area contributed by atoms with Crippen LogP contribution in [0.5, 0.6) is 0 Å². The Bertz CT molecular complexity index is 1040. The number of benzene rings is 1. The maximum atomic E-state index is 12.5. The van der Waals surface area contributed by atoms with Crippen LogP contribution >= 0.6 is 0 Å². The highest BCUT2D eigenvalue weighted by Gasteiger charge is 2.23. The number of hydrogen-bond donors (Lipinski definition) is 4. The van der Waals surface area contributed by atoms with E-state index in [2.05, 4.69) is 31.3 Å². The van der Waals surface area contributed by atoms with E-state index in [4.69, 9.17) is 18.9 Å². The zero-order valence-electron chi connectivity index (χ0n) is 26.5. The van der Waals surface area contributed by atoms with Crippen molar-refractivity contribution in [2.24, 2.45) is 9.98 Å². The minimum Gasteiger partial charge on any atom is -0.444 e. The van der Waals surface area contributed by atoms with Gasteiger partial charge in [0, 0.05) is 0 Å². The van der Waals surface area contributed by atoms with Crippen molar-refractivity contribution >= 4 is 47.7 Å². The Labute approximate surface area is 247 Å². The van der Waals surface area contributed by atoms with Crippen molar-refractivity contribution in [3.8, 4) is 0 Å². The quantitative estimate of drug-likeness (QED) is 0.190. The predicted octanol–water partition coefficient (Wildman–Crippen LogP) is 5.76. The van der Waals surface area contributed by atoms with Crippen LogP contribution < -0.4 is 21.3 Å². The van der Waals surface area contributed by atoms with Gasteiger partial charge in [-0.15, -0.1) is 0 Å². The van der Waals surface area contributed by atoms with E-state index in [1.165, 1.54) is 12.1 Å². The van der Waals surface area contributed by atoms with Gasteiger partial charge < -0.3 is 18.9 Å². The monoisotopic (exact) mass is 592 g/mol. The molecule has 0 atom stereocenters. The molecule has 0 unspecified atom stereocenters.